The SMILES string of the molecule is CSc1ccccc1NC(=O)c1ccc(Cl)c(S(=O)(=O)Nc2ccccc2C)c1. The molecule has 0 radical (unpaired) electrons. The highest BCUT2D eigenvalue weighted by atomic mass is 35.5. The number of rotatable bonds is 6. The van der Waals surface area contributed by atoms with Crippen LogP contribution in [0.15, 0.2) is 76.5 Å². The second-order valence-electron chi connectivity index (χ2n) is 6.22. The van der Waals surface area contributed by atoms with E-state index in [1.807, 2.05) is 30.5 Å². The number of amides is 1. The molecule has 0 saturated carbocycles. The topological polar surface area (TPSA) is 75.3 Å². The van der Waals surface area contributed by atoms with Crippen molar-refractivity contribution < 1.29 is 13.2 Å². The number of benzene rings is 3. The number of hydrogen-bond acceptors (Lipinski definition) is 4. The third-order valence-corrected chi connectivity index (χ3v) is 6.87. The summed E-state index contributed by atoms with van der Waals surface area (Å²) in [4.78, 5) is 13.5. The second-order valence-corrected chi connectivity index (χ2v) is 9.13. The van der Waals surface area contributed by atoms with Gasteiger partial charge >= 0.3 is 0 Å². The van der Waals surface area contributed by atoms with Crippen LogP contribution in [-0.2, 0) is 10.0 Å². The fraction of sp³-hybridized carbons (Fsp3) is 0.0952. The van der Waals surface area contributed by atoms with Gasteiger partial charge in [-0.2, -0.15) is 0 Å². The van der Waals surface area contributed by atoms with Crippen LogP contribution in [0.25, 0.3) is 0 Å². The van der Waals surface area contributed by atoms with E-state index < -0.39 is 15.9 Å². The maximum atomic E-state index is 12.9. The van der Waals surface area contributed by atoms with Gasteiger partial charge in [-0.1, -0.05) is 41.9 Å². The first kappa shape index (κ1) is 21.2. The van der Waals surface area contributed by atoms with Gasteiger partial charge in [-0.3, -0.25) is 9.52 Å². The van der Waals surface area contributed by atoms with E-state index in [1.54, 1.807) is 31.2 Å². The van der Waals surface area contributed by atoms with Crippen molar-refractivity contribution in [1.29, 1.82) is 0 Å². The molecule has 0 heterocycles. The molecule has 2 N–H and O–H groups in total. The van der Waals surface area contributed by atoms with E-state index in [2.05, 4.69) is 10.0 Å². The standard InChI is InChI=1S/C21H19ClN2O3S2/c1-14-7-3-4-8-17(14)24-29(26,27)20-13-15(11-12-16(20)22)21(25)23-18-9-5-6-10-19(18)28-2/h3-13,24H,1-2H3,(H,23,25). The Labute approximate surface area is 179 Å². The van der Waals surface area contributed by atoms with Gasteiger partial charge in [0.2, 0.25) is 0 Å². The van der Waals surface area contributed by atoms with Crippen LogP contribution >= 0.6 is 23.4 Å². The Kier molecular flexibility index (Phi) is 6.52. The molecule has 0 aliphatic carbocycles. The third kappa shape index (κ3) is 4.93. The molecule has 0 unspecified atom stereocenters. The van der Waals surface area contributed by atoms with Crippen molar-refractivity contribution in [2.24, 2.45) is 0 Å². The predicted molar refractivity (Wildman–Crippen MR) is 120 cm³/mol. The van der Waals surface area contributed by atoms with Crippen molar-refractivity contribution in [3.8, 4) is 0 Å². The number of anilines is 2. The summed E-state index contributed by atoms with van der Waals surface area (Å²) in [7, 11) is -3.97. The van der Waals surface area contributed by atoms with Crippen LogP contribution in [0.2, 0.25) is 5.02 Å². The number of carbonyl (C=O) groups is 1. The van der Waals surface area contributed by atoms with Crippen LogP contribution in [0.3, 0.4) is 0 Å². The lowest BCUT2D eigenvalue weighted by Crippen LogP contribution is -2.17. The number of nitrogens with one attached hydrogen (secondary N) is 2. The summed E-state index contributed by atoms with van der Waals surface area (Å²) in [6, 6.07) is 18.6. The third-order valence-electron chi connectivity index (χ3n) is 4.23. The van der Waals surface area contributed by atoms with Crippen LogP contribution in [0.5, 0.6) is 0 Å². The molecule has 0 aliphatic heterocycles. The molecule has 0 aromatic heterocycles. The van der Waals surface area contributed by atoms with Gasteiger partial charge in [0.15, 0.2) is 0 Å². The van der Waals surface area contributed by atoms with E-state index in [0.717, 1.165) is 10.5 Å². The molecule has 0 bridgehead atoms. The molecule has 3 aromatic carbocycles. The first-order valence-corrected chi connectivity index (χ1v) is 11.7. The Hall–Kier alpha value is -2.48. The van der Waals surface area contributed by atoms with Crippen molar-refractivity contribution in [1.82, 2.24) is 0 Å². The fourth-order valence-corrected chi connectivity index (χ4v) is 4.89. The molecule has 0 aliphatic rings. The normalized spacial score (nSPS) is 11.1. The molecular weight excluding hydrogens is 428 g/mol. The molecule has 5 nitrogen and oxygen atoms in total. The van der Waals surface area contributed by atoms with Gasteiger partial charge in [0.05, 0.1) is 16.4 Å². The zero-order chi connectivity index (χ0) is 21.0. The second kappa shape index (κ2) is 8.90. The van der Waals surface area contributed by atoms with E-state index in [-0.39, 0.29) is 15.5 Å². The van der Waals surface area contributed by atoms with E-state index in [0.29, 0.717) is 11.4 Å². The Morgan fingerprint density at radius 2 is 1.62 bits per heavy atom. The minimum atomic E-state index is -3.97. The van der Waals surface area contributed by atoms with Gasteiger partial charge in [-0.25, -0.2) is 8.42 Å². The molecular formula is C21H19ClN2O3S2. The highest BCUT2D eigenvalue weighted by molar-refractivity contribution is 7.98. The van der Waals surface area contributed by atoms with Gasteiger partial charge in [-0.05, 0) is 55.1 Å². The summed E-state index contributed by atoms with van der Waals surface area (Å²) >= 11 is 7.65. The van der Waals surface area contributed by atoms with Crippen LogP contribution in [-0.4, -0.2) is 20.6 Å². The van der Waals surface area contributed by atoms with E-state index in [1.165, 1.54) is 30.0 Å². The largest absolute Gasteiger partial charge is 0.321 e. The lowest BCUT2D eigenvalue weighted by atomic mass is 10.2. The first-order chi connectivity index (χ1) is 13.8. The predicted octanol–water partition coefficient (Wildman–Crippen LogP) is 5.42. The van der Waals surface area contributed by atoms with Crippen molar-refractivity contribution in [2.45, 2.75) is 16.7 Å². The monoisotopic (exact) mass is 446 g/mol. The molecule has 150 valence electrons. The Bertz CT molecular complexity index is 1160. The van der Waals surface area contributed by atoms with Crippen LogP contribution in [0, 0.1) is 6.92 Å². The maximum absolute atomic E-state index is 12.9. The molecule has 0 atom stereocenters. The summed E-state index contributed by atoms with van der Waals surface area (Å²) in [5.74, 6) is -0.421. The zero-order valence-electron chi connectivity index (χ0n) is 15.8. The smallest absolute Gasteiger partial charge is 0.263 e. The summed E-state index contributed by atoms with van der Waals surface area (Å²) in [5, 5.41) is 2.85. The molecule has 1 amide bonds. The molecule has 0 spiro atoms. The molecule has 0 fully saturated rings. The minimum absolute atomic E-state index is 0.0344. The van der Waals surface area contributed by atoms with Crippen molar-refractivity contribution in [3.63, 3.8) is 0 Å². The van der Waals surface area contributed by atoms with E-state index in [9.17, 15) is 13.2 Å². The lowest BCUT2D eigenvalue weighted by molar-refractivity contribution is 0.102. The molecule has 3 aromatic rings. The molecule has 8 heteroatoms. The van der Waals surface area contributed by atoms with Crippen LogP contribution < -0.4 is 10.0 Å². The summed E-state index contributed by atoms with van der Waals surface area (Å²) in [6.45, 7) is 1.80. The lowest BCUT2D eigenvalue weighted by Gasteiger charge is -2.13. The summed E-state index contributed by atoms with van der Waals surface area (Å²) in [6.07, 6.45) is 1.91. The van der Waals surface area contributed by atoms with Gasteiger partial charge < -0.3 is 5.32 Å². The number of aryl methyl sites for hydroxylation is 1. The number of sulfonamides is 1. The van der Waals surface area contributed by atoms with E-state index >= 15 is 0 Å². The number of para-hydroxylation sites is 2. The number of thioether (sulfide) groups is 1. The Morgan fingerprint density at radius 3 is 2.31 bits per heavy atom. The fourth-order valence-electron chi connectivity index (χ4n) is 2.68. The van der Waals surface area contributed by atoms with Crippen molar-refractivity contribution >= 4 is 50.7 Å². The maximum Gasteiger partial charge on any atom is 0.263 e. The highest BCUT2D eigenvalue weighted by Crippen LogP contribution is 2.28. The minimum Gasteiger partial charge on any atom is -0.321 e. The van der Waals surface area contributed by atoms with Gasteiger partial charge in [-0.15, -0.1) is 11.8 Å². The molecule has 3 rings (SSSR count). The molecule has 0 saturated heterocycles. The summed E-state index contributed by atoms with van der Waals surface area (Å²) < 4.78 is 28.3. The van der Waals surface area contributed by atoms with Gasteiger partial charge in [0.25, 0.3) is 15.9 Å². The average molecular weight is 447 g/mol. The number of carbonyl (C=O) groups excluding carboxylic acids is 1. The van der Waals surface area contributed by atoms with Crippen molar-refractivity contribution in [2.75, 3.05) is 16.3 Å². The summed E-state index contributed by atoms with van der Waals surface area (Å²) in [5.41, 5.74) is 2.07. The zero-order valence-corrected chi connectivity index (χ0v) is 18.2. The van der Waals surface area contributed by atoms with E-state index in [4.69, 9.17) is 11.6 Å². The average Bonchev–Trinajstić information content (AvgIpc) is 2.70. The Balaban J connectivity index is 1.91. The van der Waals surface area contributed by atoms with Crippen LogP contribution in [0.1, 0.15) is 15.9 Å². The van der Waals surface area contributed by atoms with Gasteiger partial charge in [0, 0.05) is 10.5 Å². The number of hydrogen-bond donors (Lipinski definition) is 2. The van der Waals surface area contributed by atoms with Crippen LogP contribution in [0.4, 0.5) is 11.4 Å². The molecule has 29 heavy (non-hydrogen) atoms. The van der Waals surface area contributed by atoms with Crippen molar-refractivity contribution in [3.05, 3.63) is 82.9 Å². The first-order valence-electron chi connectivity index (χ1n) is 8.64. The van der Waals surface area contributed by atoms with Gasteiger partial charge in [0.1, 0.15) is 4.90 Å². The highest BCUT2D eigenvalue weighted by Gasteiger charge is 2.21. The number of halogens is 1. The Morgan fingerprint density at radius 1 is 0.966 bits per heavy atom. The quantitative estimate of drug-likeness (QED) is 0.495.